The summed E-state index contributed by atoms with van der Waals surface area (Å²) in [5.74, 6) is -3.10. The number of benzene rings is 2. The number of likely N-dealkylation sites (tertiary alicyclic amines) is 1. The van der Waals surface area contributed by atoms with Crippen molar-refractivity contribution < 1.29 is 58.2 Å². The molecule has 16 heteroatoms. The van der Waals surface area contributed by atoms with Crippen LogP contribution < -0.4 is 5.32 Å². The van der Waals surface area contributed by atoms with Gasteiger partial charge in [0.2, 0.25) is 5.91 Å². The number of amides is 2. The molecule has 0 aromatic heterocycles. The quantitative estimate of drug-likeness (QED) is 0.372. The van der Waals surface area contributed by atoms with Gasteiger partial charge in [-0.15, -0.1) is 0 Å². The van der Waals surface area contributed by atoms with Crippen LogP contribution in [0.1, 0.15) is 42.4 Å². The lowest BCUT2D eigenvalue weighted by molar-refractivity contribution is -0.348. The number of carbonyl (C=O) groups is 2. The molecule has 2 aromatic rings. The van der Waals surface area contributed by atoms with Crippen LogP contribution in [0.2, 0.25) is 0 Å². The molecule has 1 saturated carbocycles. The number of aryl methyl sites for hydroxylation is 1. The summed E-state index contributed by atoms with van der Waals surface area (Å²) in [4.78, 5) is 25.9. The highest BCUT2D eigenvalue weighted by Gasteiger charge is 2.74. The van der Waals surface area contributed by atoms with Crippen LogP contribution in [-0.4, -0.2) is 67.8 Å². The predicted octanol–water partition coefficient (Wildman–Crippen LogP) is 4.22. The van der Waals surface area contributed by atoms with E-state index in [0.717, 1.165) is 35.2 Å². The third-order valence-electron chi connectivity index (χ3n) is 9.16. The fourth-order valence-corrected chi connectivity index (χ4v) is 9.44. The lowest BCUT2D eigenvalue weighted by atomic mass is 9.74. The summed E-state index contributed by atoms with van der Waals surface area (Å²) < 4.78 is 136. The van der Waals surface area contributed by atoms with Crippen molar-refractivity contribution >= 4 is 21.7 Å². The van der Waals surface area contributed by atoms with Crippen molar-refractivity contribution in [1.29, 1.82) is 0 Å². The van der Waals surface area contributed by atoms with Crippen LogP contribution in [0.5, 0.6) is 0 Å². The summed E-state index contributed by atoms with van der Waals surface area (Å²) in [7, 11) is -3.26. The van der Waals surface area contributed by atoms with Gasteiger partial charge in [-0.2, -0.15) is 26.3 Å². The molecule has 2 fully saturated rings. The summed E-state index contributed by atoms with van der Waals surface area (Å²) in [6, 6.07) is 3.19. The largest absolute Gasteiger partial charge is 0.435 e. The number of aliphatic hydroxyl groups is 1. The molecule has 0 spiro atoms. The van der Waals surface area contributed by atoms with Crippen molar-refractivity contribution in [3.8, 4) is 0 Å². The Balaban J connectivity index is 1.62. The number of nitrogens with zero attached hydrogens (tertiary/aromatic N) is 1. The molecule has 2 amide bonds. The average Bonchev–Trinajstić information content (AvgIpc) is 3.44. The van der Waals surface area contributed by atoms with E-state index in [4.69, 9.17) is 0 Å². The molecule has 7 nitrogen and oxygen atoms in total. The zero-order valence-electron chi connectivity index (χ0n) is 22.8. The van der Waals surface area contributed by atoms with E-state index >= 15 is 0 Å². The maximum Gasteiger partial charge on any atom is 0.435 e. The lowest BCUT2D eigenvalue weighted by Crippen LogP contribution is -2.52. The molecule has 2 N–H and O–H groups in total. The monoisotopic (exact) mass is 654 g/mol. The van der Waals surface area contributed by atoms with Gasteiger partial charge < -0.3 is 15.3 Å². The summed E-state index contributed by atoms with van der Waals surface area (Å²) >= 11 is 0. The van der Waals surface area contributed by atoms with E-state index in [0.29, 0.717) is 6.07 Å². The van der Waals surface area contributed by atoms with Crippen molar-refractivity contribution in [2.24, 2.45) is 5.92 Å². The summed E-state index contributed by atoms with van der Waals surface area (Å²) in [6.45, 7) is 0. The minimum atomic E-state index is -6.38. The molecule has 44 heavy (non-hydrogen) atoms. The first-order chi connectivity index (χ1) is 20.3. The highest BCUT2D eigenvalue weighted by molar-refractivity contribution is 7.92. The van der Waals surface area contributed by atoms with Gasteiger partial charge >= 0.3 is 18.0 Å². The van der Waals surface area contributed by atoms with Crippen LogP contribution in [0.15, 0.2) is 47.4 Å². The Morgan fingerprint density at radius 3 is 2.16 bits per heavy atom. The van der Waals surface area contributed by atoms with Crippen LogP contribution in [-0.2, 0) is 36.3 Å². The number of hydrogen-bond acceptors (Lipinski definition) is 5. The Bertz CT molecular complexity index is 1580. The number of rotatable bonds is 5. The van der Waals surface area contributed by atoms with Crippen LogP contribution >= 0.6 is 0 Å². The van der Waals surface area contributed by atoms with Gasteiger partial charge in [-0.05, 0) is 61.1 Å². The standard InChI is InChI=1S/C28H26F8N2O5S/c1-38-21(13-22(39)24(38)41)23(40)37-20-10-11-25(44(42,43)17-6-4-16(29)5-7-17)18-9-3-15(12-14(18)2-8-19(20)25)26(30,27(31,32)33)28(34,35)36/h3-7,9,12,19-22,39H,2,8,10-11,13H2,1H3,(H,37,40)/t19-,20+,21+,22-,25+/m0/s1. The van der Waals surface area contributed by atoms with Gasteiger partial charge in [-0.3, -0.25) is 9.59 Å². The van der Waals surface area contributed by atoms with Gasteiger partial charge in [-0.25, -0.2) is 17.2 Å². The smallest absolute Gasteiger partial charge is 0.383 e. The molecular weight excluding hydrogens is 628 g/mol. The lowest BCUT2D eigenvalue weighted by Gasteiger charge is -2.43. The highest BCUT2D eigenvalue weighted by atomic mass is 32.2. The third-order valence-corrected chi connectivity index (χ3v) is 11.7. The van der Waals surface area contributed by atoms with E-state index in [1.807, 2.05) is 0 Å². The maximum absolute atomic E-state index is 15.0. The SMILES string of the molecule is CN1C(=O)[C@@H](O)C[C@@H]1C(=O)N[C@@H]1CC[C@@]2(S(=O)(=O)c3ccc(F)cc3)c3ccc(C(F)(C(F)(F)F)C(F)(F)F)cc3CC[C@@H]12. The summed E-state index contributed by atoms with van der Waals surface area (Å²) in [6.07, 6.45) is -15.0. The van der Waals surface area contributed by atoms with Gasteiger partial charge in [0, 0.05) is 31.0 Å². The van der Waals surface area contributed by atoms with Crippen LogP contribution in [0.3, 0.4) is 0 Å². The number of fused-ring (bicyclic) bond motifs is 3. The van der Waals surface area contributed by atoms with Gasteiger partial charge in [0.15, 0.2) is 9.84 Å². The topological polar surface area (TPSA) is 104 Å². The van der Waals surface area contributed by atoms with Crippen molar-refractivity contribution in [3.05, 3.63) is 65.0 Å². The molecule has 3 aliphatic rings. The molecule has 1 heterocycles. The third kappa shape index (κ3) is 4.58. The van der Waals surface area contributed by atoms with Gasteiger partial charge in [-0.1, -0.05) is 18.2 Å². The second-order valence-corrected chi connectivity index (χ2v) is 13.6. The molecule has 5 rings (SSSR count). The summed E-state index contributed by atoms with van der Waals surface area (Å²) in [5.41, 5.74) is -7.86. The average molecular weight is 655 g/mol. The first-order valence-electron chi connectivity index (χ1n) is 13.5. The Morgan fingerprint density at radius 2 is 1.61 bits per heavy atom. The van der Waals surface area contributed by atoms with Crippen LogP contribution in [0.4, 0.5) is 35.1 Å². The van der Waals surface area contributed by atoms with E-state index < -0.39 is 79.9 Å². The maximum atomic E-state index is 15.0. The molecule has 0 radical (unpaired) electrons. The van der Waals surface area contributed by atoms with Gasteiger partial charge in [0.1, 0.15) is 22.7 Å². The first kappa shape index (κ1) is 32.1. The van der Waals surface area contributed by atoms with E-state index in [-0.39, 0.29) is 54.2 Å². The van der Waals surface area contributed by atoms with Crippen molar-refractivity contribution in [3.63, 3.8) is 0 Å². The fraction of sp³-hybridized carbons (Fsp3) is 0.500. The van der Waals surface area contributed by atoms with E-state index in [1.165, 1.54) is 7.05 Å². The predicted molar refractivity (Wildman–Crippen MR) is 137 cm³/mol. The Labute approximate surface area is 246 Å². The molecule has 1 saturated heterocycles. The number of halogens is 8. The number of alkyl halides is 7. The molecule has 0 unspecified atom stereocenters. The minimum Gasteiger partial charge on any atom is -0.383 e. The van der Waals surface area contributed by atoms with Crippen LogP contribution in [0.25, 0.3) is 0 Å². The zero-order chi connectivity index (χ0) is 32.6. The number of nitrogens with one attached hydrogen (secondary N) is 1. The Kier molecular flexibility index (Phi) is 7.59. The Hall–Kier alpha value is -3.27. The zero-order valence-corrected chi connectivity index (χ0v) is 23.7. The van der Waals surface area contributed by atoms with E-state index in [1.54, 1.807) is 0 Å². The fourth-order valence-electron chi connectivity index (χ4n) is 6.97. The molecule has 0 bridgehead atoms. The molecule has 2 aromatic carbocycles. The number of sulfone groups is 1. The molecule has 240 valence electrons. The second-order valence-electron chi connectivity index (χ2n) is 11.4. The van der Waals surface area contributed by atoms with Crippen molar-refractivity contribution in [1.82, 2.24) is 10.2 Å². The van der Waals surface area contributed by atoms with Gasteiger partial charge in [0.25, 0.3) is 5.91 Å². The first-order valence-corrected chi connectivity index (χ1v) is 15.0. The highest BCUT2D eigenvalue weighted by Crippen LogP contribution is 2.59. The van der Waals surface area contributed by atoms with E-state index in [9.17, 15) is 58.2 Å². The molecule has 5 atom stereocenters. The normalized spacial score (nSPS) is 27.7. The Morgan fingerprint density at radius 1 is 1.00 bits per heavy atom. The van der Waals surface area contributed by atoms with Crippen molar-refractivity contribution in [2.75, 3.05) is 7.05 Å². The number of carbonyl (C=O) groups excluding carboxylic acids is 2. The van der Waals surface area contributed by atoms with Crippen molar-refractivity contribution in [2.45, 2.75) is 78.0 Å². The summed E-state index contributed by atoms with van der Waals surface area (Å²) in [5, 5.41) is 12.6. The van der Waals surface area contributed by atoms with Gasteiger partial charge in [0.05, 0.1) is 4.90 Å². The minimum absolute atomic E-state index is 0.00308. The molecule has 2 aliphatic carbocycles. The molecular formula is C28H26F8N2O5S. The second kappa shape index (κ2) is 10.4. The van der Waals surface area contributed by atoms with Crippen LogP contribution in [0, 0.1) is 11.7 Å². The van der Waals surface area contributed by atoms with E-state index in [2.05, 4.69) is 5.32 Å². The molecule has 1 aliphatic heterocycles. The number of hydrogen-bond donors (Lipinski definition) is 2. The number of likely N-dealkylation sites (N-methyl/N-ethyl adjacent to an activating group) is 1. The number of aliphatic hydroxyl groups excluding tert-OH is 1.